The molecule has 0 N–H and O–H groups in total. The lowest BCUT2D eigenvalue weighted by atomic mass is 10.1. The van der Waals surface area contributed by atoms with E-state index in [9.17, 15) is 0 Å². The normalized spacial score (nSPS) is 11.2. The second kappa shape index (κ2) is 5.87. The Morgan fingerprint density at radius 1 is 1.19 bits per heavy atom. The first-order chi connectivity index (χ1) is 10.2. The highest BCUT2D eigenvalue weighted by Crippen LogP contribution is 2.15. The third kappa shape index (κ3) is 3.16. The predicted octanol–water partition coefficient (Wildman–Crippen LogP) is 2.57. The largest absolute Gasteiger partial charge is 0.339 e. The van der Waals surface area contributed by atoms with Crippen molar-refractivity contribution >= 4 is 0 Å². The van der Waals surface area contributed by atoms with E-state index >= 15 is 0 Å². The minimum absolute atomic E-state index is 0.496. The fourth-order valence-electron chi connectivity index (χ4n) is 2.10. The van der Waals surface area contributed by atoms with E-state index in [2.05, 4.69) is 34.0 Å². The quantitative estimate of drug-likeness (QED) is 0.719. The molecule has 6 heteroatoms. The molecule has 0 aromatic carbocycles. The van der Waals surface area contributed by atoms with E-state index in [4.69, 9.17) is 4.52 Å². The third-order valence-electron chi connectivity index (χ3n) is 3.01. The second-order valence-electron chi connectivity index (χ2n) is 5.30. The molecule has 6 nitrogen and oxygen atoms in total. The van der Waals surface area contributed by atoms with Crippen LogP contribution in [0.5, 0.6) is 0 Å². The molecule has 21 heavy (non-hydrogen) atoms. The Balaban J connectivity index is 1.80. The van der Waals surface area contributed by atoms with Gasteiger partial charge in [-0.1, -0.05) is 25.1 Å². The molecule has 0 atom stereocenters. The zero-order chi connectivity index (χ0) is 14.7. The maximum absolute atomic E-state index is 5.26. The third-order valence-corrected chi connectivity index (χ3v) is 3.01. The molecule has 0 spiro atoms. The van der Waals surface area contributed by atoms with Crippen LogP contribution < -0.4 is 0 Å². The van der Waals surface area contributed by atoms with Crippen LogP contribution in [0.4, 0.5) is 0 Å². The SMILES string of the molecule is CC(C)Cc1nc(Cn2ccnc2-c2ccccn2)no1. The summed E-state index contributed by atoms with van der Waals surface area (Å²) < 4.78 is 7.22. The number of hydrogen-bond acceptors (Lipinski definition) is 5. The molecule has 3 aromatic heterocycles. The van der Waals surface area contributed by atoms with Gasteiger partial charge >= 0.3 is 0 Å². The van der Waals surface area contributed by atoms with Crippen LogP contribution in [-0.2, 0) is 13.0 Å². The van der Waals surface area contributed by atoms with E-state index < -0.39 is 0 Å². The Bertz CT molecular complexity index is 702. The molecular weight excluding hydrogens is 266 g/mol. The van der Waals surface area contributed by atoms with Crippen molar-refractivity contribution in [2.45, 2.75) is 26.8 Å². The second-order valence-corrected chi connectivity index (χ2v) is 5.30. The minimum Gasteiger partial charge on any atom is -0.339 e. The van der Waals surface area contributed by atoms with Gasteiger partial charge in [0.2, 0.25) is 5.89 Å². The highest BCUT2D eigenvalue weighted by Gasteiger charge is 2.12. The standard InChI is InChI=1S/C15H17N5O/c1-11(2)9-14-18-13(19-21-14)10-20-8-7-17-15(20)12-5-3-4-6-16-12/h3-8,11H,9-10H2,1-2H3. The van der Waals surface area contributed by atoms with Crippen LogP contribution >= 0.6 is 0 Å². The van der Waals surface area contributed by atoms with Gasteiger partial charge in [-0.3, -0.25) is 4.98 Å². The van der Waals surface area contributed by atoms with Gasteiger partial charge in [-0.25, -0.2) is 4.98 Å². The van der Waals surface area contributed by atoms with E-state index in [-0.39, 0.29) is 0 Å². The Morgan fingerprint density at radius 2 is 2.10 bits per heavy atom. The van der Waals surface area contributed by atoms with E-state index in [1.807, 2.05) is 29.0 Å². The van der Waals surface area contributed by atoms with Crippen LogP contribution in [0.25, 0.3) is 11.5 Å². The van der Waals surface area contributed by atoms with Crippen molar-refractivity contribution in [2.75, 3.05) is 0 Å². The molecule has 0 amide bonds. The summed E-state index contributed by atoms with van der Waals surface area (Å²) in [5, 5.41) is 4.02. The summed E-state index contributed by atoms with van der Waals surface area (Å²) in [5.41, 5.74) is 0.827. The van der Waals surface area contributed by atoms with Crippen LogP contribution in [0.1, 0.15) is 25.6 Å². The molecule has 3 heterocycles. The molecule has 0 fully saturated rings. The van der Waals surface area contributed by atoms with E-state index in [1.54, 1.807) is 12.4 Å². The average molecular weight is 283 g/mol. The maximum atomic E-state index is 5.26. The van der Waals surface area contributed by atoms with Gasteiger partial charge < -0.3 is 9.09 Å². The summed E-state index contributed by atoms with van der Waals surface area (Å²) in [6.07, 6.45) is 6.19. The molecule has 0 saturated carbocycles. The van der Waals surface area contributed by atoms with Gasteiger partial charge in [0.25, 0.3) is 0 Å². The topological polar surface area (TPSA) is 69.6 Å². The summed E-state index contributed by atoms with van der Waals surface area (Å²) in [5.74, 6) is 2.63. The highest BCUT2D eigenvalue weighted by atomic mass is 16.5. The lowest BCUT2D eigenvalue weighted by Crippen LogP contribution is -2.04. The van der Waals surface area contributed by atoms with Crippen LogP contribution in [0.15, 0.2) is 41.3 Å². The van der Waals surface area contributed by atoms with Crippen molar-refractivity contribution in [3.8, 4) is 11.5 Å². The first-order valence-electron chi connectivity index (χ1n) is 6.96. The van der Waals surface area contributed by atoms with Crippen molar-refractivity contribution < 1.29 is 4.52 Å². The van der Waals surface area contributed by atoms with Gasteiger partial charge in [0.15, 0.2) is 11.6 Å². The van der Waals surface area contributed by atoms with E-state index in [1.165, 1.54) is 0 Å². The summed E-state index contributed by atoms with van der Waals surface area (Å²) in [7, 11) is 0. The zero-order valence-corrected chi connectivity index (χ0v) is 12.1. The summed E-state index contributed by atoms with van der Waals surface area (Å²) in [6, 6.07) is 5.75. The lowest BCUT2D eigenvalue weighted by molar-refractivity contribution is 0.358. The smallest absolute Gasteiger partial charge is 0.226 e. The Kier molecular flexibility index (Phi) is 3.77. The van der Waals surface area contributed by atoms with Crippen molar-refractivity contribution in [1.82, 2.24) is 24.7 Å². The van der Waals surface area contributed by atoms with Crippen LogP contribution in [-0.4, -0.2) is 24.7 Å². The summed E-state index contributed by atoms with van der Waals surface area (Å²) in [4.78, 5) is 13.1. The van der Waals surface area contributed by atoms with Crippen molar-refractivity contribution in [2.24, 2.45) is 5.92 Å². The average Bonchev–Trinajstić information content (AvgIpc) is 3.09. The molecule has 0 aliphatic rings. The molecule has 0 aliphatic heterocycles. The van der Waals surface area contributed by atoms with Gasteiger partial charge in [-0.15, -0.1) is 0 Å². The fraction of sp³-hybridized carbons (Fsp3) is 0.333. The number of imidazole rings is 1. The molecule has 3 rings (SSSR count). The van der Waals surface area contributed by atoms with Gasteiger partial charge in [0, 0.05) is 25.0 Å². The van der Waals surface area contributed by atoms with Crippen LogP contribution in [0.2, 0.25) is 0 Å². The maximum Gasteiger partial charge on any atom is 0.226 e. The minimum atomic E-state index is 0.496. The first kappa shape index (κ1) is 13.5. The van der Waals surface area contributed by atoms with Gasteiger partial charge in [-0.05, 0) is 18.1 Å². The van der Waals surface area contributed by atoms with Crippen LogP contribution in [0, 0.1) is 5.92 Å². The van der Waals surface area contributed by atoms with Crippen molar-refractivity contribution in [3.63, 3.8) is 0 Å². The zero-order valence-electron chi connectivity index (χ0n) is 12.1. The van der Waals surface area contributed by atoms with Gasteiger partial charge in [0.05, 0.1) is 6.54 Å². The monoisotopic (exact) mass is 283 g/mol. The number of aromatic nitrogens is 5. The predicted molar refractivity (Wildman–Crippen MR) is 77.4 cm³/mol. The summed E-state index contributed by atoms with van der Waals surface area (Å²) >= 11 is 0. The Labute approximate surface area is 122 Å². The molecular formula is C15H17N5O. The van der Waals surface area contributed by atoms with E-state index in [0.717, 1.165) is 17.9 Å². The molecule has 0 aliphatic carbocycles. The highest BCUT2D eigenvalue weighted by molar-refractivity contribution is 5.49. The number of rotatable bonds is 5. The number of pyridine rings is 1. The van der Waals surface area contributed by atoms with E-state index in [0.29, 0.717) is 24.2 Å². The lowest BCUT2D eigenvalue weighted by Gasteiger charge is -2.04. The molecule has 0 bridgehead atoms. The summed E-state index contributed by atoms with van der Waals surface area (Å²) in [6.45, 7) is 4.77. The molecule has 0 unspecified atom stereocenters. The molecule has 108 valence electrons. The Hall–Kier alpha value is -2.50. The van der Waals surface area contributed by atoms with Crippen LogP contribution in [0.3, 0.4) is 0 Å². The molecule has 3 aromatic rings. The van der Waals surface area contributed by atoms with Crippen molar-refractivity contribution in [1.29, 1.82) is 0 Å². The van der Waals surface area contributed by atoms with Crippen molar-refractivity contribution in [3.05, 3.63) is 48.5 Å². The molecule has 0 saturated heterocycles. The van der Waals surface area contributed by atoms with Gasteiger partial charge in [0.1, 0.15) is 5.69 Å². The Morgan fingerprint density at radius 3 is 2.86 bits per heavy atom. The number of hydrogen-bond donors (Lipinski definition) is 0. The number of nitrogens with zero attached hydrogens (tertiary/aromatic N) is 5. The first-order valence-corrected chi connectivity index (χ1v) is 6.96. The molecule has 0 radical (unpaired) electrons. The van der Waals surface area contributed by atoms with Gasteiger partial charge in [-0.2, -0.15) is 4.98 Å². The fourth-order valence-corrected chi connectivity index (χ4v) is 2.10.